The van der Waals surface area contributed by atoms with E-state index >= 15 is 0 Å². The molecule has 0 aromatic heterocycles. The van der Waals surface area contributed by atoms with Crippen molar-refractivity contribution in [2.24, 2.45) is 5.73 Å². The fourth-order valence-corrected chi connectivity index (χ4v) is 1.69. The summed E-state index contributed by atoms with van der Waals surface area (Å²) in [7, 11) is 6.14. The lowest BCUT2D eigenvalue weighted by Gasteiger charge is -2.20. The third-order valence-electron chi connectivity index (χ3n) is 2.77. The fraction of sp³-hybridized carbons (Fsp3) is 0.467. The zero-order chi connectivity index (χ0) is 14.3. The predicted molar refractivity (Wildman–Crippen MR) is 77.2 cm³/mol. The molecular formula is C15H22FN3. The lowest BCUT2D eigenvalue weighted by Crippen LogP contribution is -2.28. The Balaban J connectivity index is 2.76. The second-order valence-electron chi connectivity index (χ2n) is 4.85. The van der Waals surface area contributed by atoms with Gasteiger partial charge in [-0.1, -0.05) is 17.9 Å². The standard InChI is InChI=1S/C15H22FN3/c1-18(2)9-10-19(3)12-14-6-7-15(16)11-13(14)5-4-8-17/h6-7,11H,8-10,12,17H2,1-3H3. The molecule has 19 heavy (non-hydrogen) atoms. The number of rotatable bonds is 5. The average Bonchev–Trinajstić information content (AvgIpc) is 2.36. The molecule has 104 valence electrons. The third-order valence-corrected chi connectivity index (χ3v) is 2.77. The van der Waals surface area contributed by atoms with Crippen molar-refractivity contribution in [3.05, 3.63) is 35.1 Å². The first-order chi connectivity index (χ1) is 9.02. The average molecular weight is 263 g/mol. The molecule has 0 unspecified atom stereocenters. The Kier molecular flexibility index (Phi) is 6.51. The summed E-state index contributed by atoms with van der Waals surface area (Å²) in [6, 6.07) is 4.74. The van der Waals surface area contributed by atoms with Crippen LogP contribution >= 0.6 is 0 Å². The van der Waals surface area contributed by atoms with Crippen LogP contribution in [0.15, 0.2) is 18.2 Å². The largest absolute Gasteiger partial charge is 0.320 e. The first-order valence-electron chi connectivity index (χ1n) is 6.33. The Bertz CT molecular complexity index is 460. The molecule has 0 aliphatic carbocycles. The molecule has 0 aliphatic rings. The molecule has 1 aromatic carbocycles. The van der Waals surface area contributed by atoms with Crippen molar-refractivity contribution in [1.29, 1.82) is 0 Å². The molecule has 0 saturated carbocycles. The highest BCUT2D eigenvalue weighted by Crippen LogP contribution is 2.12. The minimum Gasteiger partial charge on any atom is -0.320 e. The Morgan fingerprint density at radius 1 is 1.21 bits per heavy atom. The van der Waals surface area contributed by atoms with Gasteiger partial charge in [0.2, 0.25) is 0 Å². The molecule has 0 atom stereocenters. The van der Waals surface area contributed by atoms with E-state index in [2.05, 4.69) is 21.6 Å². The lowest BCUT2D eigenvalue weighted by atomic mass is 10.1. The second kappa shape index (κ2) is 7.90. The van der Waals surface area contributed by atoms with Crippen LogP contribution in [0, 0.1) is 17.7 Å². The van der Waals surface area contributed by atoms with Crippen molar-refractivity contribution in [1.82, 2.24) is 9.80 Å². The highest BCUT2D eigenvalue weighted by atomic mass is 19.1. The van der Waals surface area contributed by atoms with E-state index in [-0.39, 0.29) is 12.4 Å². The van der Waals surface area contributed by atoms with Crippen LogP contribution in [0.25, 0.3) is 0 Å². The summed E-state index contributed by atoms with van der Waals surface area (Å²) in [5.41, 5.74) is 7.12. The summed E-state index contributed by atoms with van der Waals surface area (Å²) >= 11 is 0. The van der Waals surface area contributed by atoms with E-state index in [0.717, 1.165) is 30.8 Å². The summed E-state index contributed by atoms with van der Waals surface area (Å²) in [6.45, 7) is 2.98. The zero-order valence-electron chi connectivity index (χ0n) is 11.9. The minimum absolute atomic E-state index is 0.263. The Hall–Kier alpha value is -1.41. The van der Waals surface area contributed by atoms with Gasteiger partial charge < -0.3 is 15.5 Å². The Morgan fingerprint density at radius 2 is 1.95 bits per heavy atom. The van der Waals surface area contributed by atoms with Gasteiger partial charge in [-0.3, -0.25) is 0 Å². The van der Waals surface area contributed by atoms with Crippen molar-refractivity contribution in [3.63, 3.8) is 0 Å². The summed E-state index contributed by atoms with van der Waals surface area (Å²) in [6.07, 6.45) is 0. The van der Waals surface area contributed by atoms with Gasteiger partial charge in [-0.25, -0.2) is 4.39 Å². The predicted octanol–water partition coefficient (Wildman–Crippen LogP) is 1.13. The Labute approximate surface area is 115 Å². The normalized spacial score (nSPS) is 10.7. The smallest absolute Gasteiger partial charge is 0.124 e. The molecule has 3 nitrogen and oxygen atoms in total. The molecule has 0 heterocycles. The maximum absolute atomic E-state index is 13.2. The van der Waals surface area contributed by atoms with Crippen LogP contribution in [-0.2, 0) is 6.54 Å². The first kappa shape index (κ1) is 15.6. The summed E-state index contributed by atoms with van der Waals surface area (Å²) in [5, 5.41) is 0. The SMILES string of the molecule is CN(C)CCN(C)Cc1ccc(F)cc1C#CCN. The van der Waals surface area contributed by atoms with Crippen LogP contribution < -0.4 is 5.73 Å². The van der Waals surface area contributed by atoms with E-state index < -0.39 is 0 Å². The van der Waals surface area contributed by atoms with Crippen LogP contribution in [0.4, 0.5) is 4.39 Å². The fourth-order valence-electron chi connectivity index (χ4n) is 1.69. The van der Waals surface area contributed by atoms with Crippen LogP contribution in [0.1, 0.15) is 11.1 Å². The van der Waals surface area contributed by atoms with Gasteiger partial charge in [0.25, 0.3) is 0 Å². The molecular weight excluding hydrogens is 241 g/mol. The number of benzene rings is 1. The molecule has 0 bridgehead atoms. The molecule has 2 N–H and O–H groups in total. The molecule has 0 aliphatic heterocycles. The van der Waals surface area contributed by atoms with Gasteiger partial charge in [0.15, 0.2) is 0 Å². The second-order valence-corrected chi connectivity index (χ2v) is 4.85. The van der Waals surface area contributed by atoms with Gasteiger partial charge in [0.1, 0.15) is 5.82 Å². The number of likely N-dealkylation sites (N-methyl/N-ethyl adjacent to an activating group) is 2. The Morgan fingerprint density at radius 3 is 2.58 bits per heavy atom. The summed E-state index contributed by atoms with van der Waals surface area (Å²) in [4.78, 5) is 4.33. The third kappa shape index (κ3) is 5.84. The number of halogens is 1. The van der Waals surface area contributed by atoms with E-state index in [0.29, 0.717) is 0 Å². The van der Waals surface area contributed by atoms with Gasteiger partial charge >= 0.3 is 0 Å². The van der Waals surface area contributed by atoms with E-state index in [9.17, 15) is 4.39 Å². The molecule has 1 rings (SSSR count). The molecule has 4 heteroatoms. The highest BCUT2D eigenvalue weighted by molar-refractivity contribution is 5.41. The van der Waals surface area contributed by atoms with Crippen LogP contribution in [0.5, 0.6) is 0 Å². The van der Waals surface area contributed by atoms with Crippen LogP contribution in [0.2, 0.25) is 0 Å². The highest BCUT2D eigenvalue weighted by Gasteiger charge is 2.06. The number of nitrogens with two attached hydrogens (primary N) is 1. The quantitative estimate of drug-likeness (QED) is 0.808. The zero-order valence-corrected chi connectivity index (χ0v) is 11.9. The maximum atomic E-state index is 13.2. The molecule has 0 saturated heterocycles. The van der Waals surface area contributed by atoms with E-state index in [1.807, 2.05) is 21.1 Å². The van der Waals surface area contributed by atoms with Gasteiger partial charge in [-0.15, -0.1) is 0 Å². The minimum atomic E-state index is -0.263. The molecule has 0 radical (unpaired) electrons. The number of hydrogen-bond donors (Lipinski definition) is 1. The maximum Gasteiger partial charge on any atom is 0.124 e. The van der Waals surface area contributed by atoms with Gasteiger partial charge in [0, 0.05) is 25.2 Å². The molecule has 0 amide bonds. The molecule has 0 fully saturated rings. The van der Waals surface area contributed by atoms with Crippen molar-refractivity contribution in [2.75, 3.05) is 40.8 Å². The first-order valence-corrected chi connectivity index (χ1v) is 6.33. The van der Waals surface area contributed by atoms with Gasteiger partial charge in [-0.05, 0) is 38.8 Å². The molecule has 0 spiro atoms. The van der Waals surface area contributed by atoms with E-state index in [4.69, 9.17) is 5.73 Å². The molecule has 1 aromatic rings. The summed E-state index contributed by atoms with van der Waals surface area (Å²) < 4.78 is 13.2. The monoisotopic (exact) mass is 263 g/mol. The lowest BCUT2D eigenvalue weighted by molar-refractivity contribution is 0.276. The van der Waals surface area contributed by atoms with Crippen LogP contribution in [0.3, 0.4) is 0 Å². The van der Waals surface area contributed by atoms with Crippen LogP contribution in [-0.4, -0.2) is 50.6 Å². The van der Waals surface area contributed by atoms with E-state index in [1.54, 1.807) is 6.07 Å². The van der Waals surface area contributed by atoms with Crippen molar-refractivity contribution < 1.29 is 4.39 Å². The number of hydrogen-bond acceptors (Lipinski definition) is 3. The van der Waals surface area contributed by atoms with E-state index in [1.165, 1.54) is 12.1 Å². The number of nitrogens with zero attached hydrogens (tertiary/aromatic N) is 2. The van der Waals surface area contributed by atoms with Crippen molar-refractivity contribution >= 4 is 0 Å². The van der Waals surface area contributed by atoms with Crippen molar-refractivity contribution in [3.8, 4) is 11.8 Å². The van der Waals surface area contributed by atoms with Crippen molar-refractivity contribution in [2.45, 2.75) is 6.54 Å². The van der Waals surface area contributed by atoms with Gasteiger partial charge in [-0.2, -0.15) is 0 Å². The van der Waals surface area contributed by atoms with Gasteiger partial charge in [0.05, 0.1) is 6.54 Å². The topological polar surface area (TPSA) is 32.5 Å². The summed E-state index contributed by atoms with van der Waals surface area (Å²) in [5.74, 6) is 5.45.